The van der Waals surface area contributed by atoms with Gasteiger partial charge in [0, 0.05) is 18.7 Å². The van der Waals surface area contributed by atoms with Gasteiger partial charge in [-0.1, -0.05) is 0 Å². The van der Waals surface area contributed by atoms with E-state index >= 15 is 0 Å². The summed E-state index contributed by atoms with van der Waals surface area (Å²) in [6, 6.07) is 1.97. The largest absolute Gasteiger partial charge is 0.469 e. The predicted molar refractivity (Wildman–Crippen MR) is 51.5 cm³/mol. The van der Waals surface area contributed by atoms with E-state index in [1.807, 2.05) is 20.0 Å². The molecule has 1 aromatic heterocycles. The molecule has 3 heteroatoms. The molecule has 0 unspecified atom stereocenters. The van der Waals surface area contributed by atoms with Crippen molar-refractivity contribution in [1.29, 1.82) is 0 Å². The summed E-state index contributed by atoms with van der Waals surface area (Å²) in [6.45, 7) is 5.25. The van der Waals surface area contributed by atoms with Gasteiger partial charge in [0.1, 0.15) is 5.76 Å². The van der Waals surface area contributed by atoms with Gasteiger partial charge in [-0.2, -0.15) is 0 Å². The van der Waals surface area contributed by atoms with Crippen LogP contribution in [0.1, 0.15) is 18.2 Å². The molecule has 74 valence electrons. The number of rotatable bonds is 4. The number of aliphatic hydroxyl groups is 1. The molecule has 0 bridgehead atoms. The maximum atomic E-state index is 9.16. The van der Waals surface area contributed by atoms with E-state index in [0.29, 0.717) is 6.54 Å². The van der Waals surface area contributed by atoms with Crippen molar-refractivity contribution in [2.45, 2.75) is 26.5 Å². The second-order valence-electron chi connectivity index (χ2n) is 3.55. The number of hydrogen-bond donors (Lipinski definition) is 1. The Kier molecular flexibility index (Phi) is 3.51. The number of aliphatic hydroxyl groups excluding tert-OH is 1. The normalized spacial score (nSPS) is 13.6. The molecular formula is C10H17NO2. The van der Waals surface area contributed by atoms with Crippen LogP contribution in [-0.4, -0.2) is 29.7 Å². The van der Waals surface area contributed by atoms with Gasteiger partial charge in [-0.05, 0) is 27.0 Å². The highest BCUT2D eigenvalue weighted by atomic mass is 16.3. The molecule has 0 fully saturated rings. The molecule has 0 radical (unpaired) electrons. The van der Waals surface area contributed by atoms with E-state index in [9.17, 15) is 0 Å². The van der Waals surface area contributed by atoms with Gasteiger partial charge in [0.15, 0.2) is 0 Å². The Bertz CT molecular complexity index is 255. The summed E-state index contributed by atoms with van der Waals surface area (Å²) < 4.78 is 5.18. The molecule has 1 rings (SSSR count). The first-order valence-electron chi connectivity index (χ1n) is 4.49. The third kappa shape index (κ3) is 3.20. The van der Waals surface area contributed by atoms with E-state index in [1.165, 1.54) is 5.56 Å². The fourth-order valence-electron chi connectivity index (χ4n) is 1.38. The van der Waals surface area contributed by atoms with Crippen LogP contribution in [0.5, 0.6) is 0 Å². The van der Waals surface area contributed by atoms with Crippen molar-refractivity contribution in [3.05, 3.63) is 23.7 Å². The molecule has 1 atom stereocenters. The van der Waals surface area contributed by atoms with Gasteiger partial charge in [-0.3, -0.25) is 4.90 Å². The zero-order chi connectivity index (χ0) is 9.84. The molecule has 1 N–H and O–H groups in total. The van der Waals surface area contributed by atoms with Crippen molar-refractivity contribution >= 4 is 0 Å². The van der Waals surface area contributed by atoms with E-state index in [1.54, 1.807) is 13.2 Å². The molecule has 1 heterocycles. The minimum Gasteiger partial charge on any atom is -0.469 e. The Morgan fingerprint density at radius 3 is 2.77 bits per heavy atom. The van der Waals surface area contributed by atoms with E-state index < -0.39 is 0 Å². The van der Waals surface area contributed by atoms with E-state index in [2.05, 4.69) is 4.90 Å². The number of furan rings is 1. The molecule has 13 heavy (non-hydrogen) atoms. The highest BCUT2D eigenvalue weighted by molar-refractivity contribution is 5.14. The highest BCUT2D eigenvalue weighted by Crippen LogP contribution is 2.10. The minimum absolute atomic E-state index is 0.280. The lowest BCUT2D eigenvalue weighted by Gasteiger charge is -2.17. The van der Waals surface area contributed by atoms with E-state index in [4.69, 9.17) is 9.52 Å². The third-order valence-electron chi connectivity index (χ3n) is 1.98. The first-order chi connectivity index (χ1) is 6.09. The van der Waals surface area contributed by atoms with Gasteiger partial charge in [-0.15, -0.1) is 0 Å². The van der Waals surface area contributed by atoms with Crippen LogP contribution in [0.2, 0.25) is 0 Å². The quantitative estimate of drug-likeness (QED) is 0.766. The number of nitrogens with zero attached hydrogens (tertiary/aromatic N) is 1. The van der Waals surface area contributed by atoms with Crippen molar-refractivity contribution in [2.24, 2.45) is 0 Å². The Morgan fingerprint density at radius 2 is 2.31 bits per heavy atom. The Morgan fingerprint density at radius 1 is 1.62 bits per heavy atom. The Labute approximate surface area is 79.0 Å². The molecule has 0 aliphatic rings. The molecule has 0 amide bonds. The molecular weight excluding hydrogens is 166 g/mol. The van der Waals surface area contributed by atoms with Crippen LogP contribution < -0.4 is 0 Å². The number of hydrogen-bond acceptors (Lipinski definition) is 3. The molecule has 0 aromatic carbocycles. The smallest absolute Gasteiger partial charge is 0.105 e. The molecule has 0 saturated carbocycles. The predicted octanol–water partition coefficient (Wildman–Crippen LogP) is 1.40. The second-order valence-corrected chi connectivity index (χ2v) is 3.55. The molecule has 3 nitrogen and oxygen atoms in total. The molecule has 1 aromatic rings. The van der Waals surface area contributed by atoms with Gasteiger partial charge in [0.05, 0.1) is 12.4 Å². The van der Waals surface area contributed by atoms with Gasteiger partial charge in [0.25, 0.3) is 0 Å². The summed E-state index contributed by atoms with van der Waals surface area (Å²) in [5.41, 5.74) is 1.18. The second kappa shape index (κ2) is 4.44. The van der Waals surface area contributed by atoms with Crippen LogP contribution >= 0.6 is 0 Å². The highest BCUT2D eigenvalue weighted by Gasteiger charge is 2.06. The SMILES string of the molecule is Cc1occc1CN(C)C[C@@H](C)O. The van der Waals surface area contributed by atoms with Gasteiger partial charge < -0.3 is 9.52 Å². The number of aryl methyl sites for hydroxylation is 1. The lowest BCUT2D eigenvalue weighted by Crippen LogP contribution is -2.26. The summed E-state index contributed by atoms with van der Waals surface area (Å²) in [4.78, 5) is 2.07. The fourth-order valence-corrected chi connectivity index (χ4v) is 1.38. The average molecular weight is 183 g/mol. The standard InChI is InChI=1S/C10H17NO2/c1-8(12)6-11(3)7-10-4-5-13-9(10)2/h4-5,8,12H,6-7H2,1-3H3/t8-/m1/s1. The zero-order valence-electron chi connectivity index (χ0n) is 8.45. The molecule has 0 aliphatic heterocycles. The van der Waals surface area contributed by atoms with Crippen LogP contribution in [-0.2, 0) is 6.54 Å². The summed E-state index contributed by atoms with van der Waals surface area (Å²) in [7, 11) is 1.99. The Balaban J connectivity index is 2.45. The van der Waals surface area contributed by atoms with Gasteiger partial charge >= 0.3 is 0 Å². The van der Waals surface area contributed by atoms with Gasteiger partial charge in [-0.25, -0.2) is 0 Å². The lowest BCUT2D eigenvalue weighted by atomic mass is 10.2. The summed E-state index contributed by atoms with van der Waals surface area (Å²) in [5, 5.41) is 9.16. The van der Waals surface area contributed by atoms with Crippen molar-refractivity contribution in [3.8, 4) is 0 Å². The first-order valence-corrected chi connectivity index (χ1v) is 4.49. The lowest BCUT2D eigenvalue weighted by molar-refractivity contribution is 0.138. The number of likely N-dealkylation sites (N-methyl/N-ethyl adjacent to an activating group) is 1. The van der Waals surface area contributed by atoms with Crippen molar-refractivity contribution in [1.82, 2.24) is 4.90 Å². The average Bonchev–Trinajstić information content (AvgIpc) is 2.34. The zero-order valence-corrected chi connectivity index (χ0v) is 8.45. The van der Waals surface area contributed by atoms with Crippen LogP contribution in [0.25, 0.3) is 0 Å². The Hall–Kier alpha value is -0.800. The van der Waals surface area contributed by atoms with E-state index in [0.717, 1.165) is 12.3 Å². The van der Waals surface area contributed by atoms with Crippen molar-refractivity contribution < 1.29 is 9.52 Å². The minimum atomic E-state index is -0.280. The maximum Gasteiger partial charge on any atom is 0.105 e. The van der Waals surface area contributed by atoms with Crippen LogP contribution in [0.15, 0.2) is 16.7 Å². The third-order valence-corrected chi connectivity index (χ3v) is 1.98. The fraction of sp³-hybridized carbons (Fsp3) is 0.600. The maximum absolute atomic E-state index is 9.16. The van der Waals surface area contributed by atoms with Crippen molar-refractivity contribution in [3.63, 3.8) is 0 Å². The summed E-state index contributed by atoms with van der Waals surface area (Å²) in [5.74, 6) is 0.956. The first kappa shape index (κ1) is 10.3. The van der Waals surface area contributed by atoms with Crippen LogP contribution in [0.4, 0.5) is 0 Å². The summed E-state index contributed by atoms with van der Waals surface area (Å²) in [6.07, 6.45) is 1.41. The molecule has 0 aliphatic carbocycles. The summed E-state index contributed by atoms with van der Waals surface area (Å²) >= 11 is 0. The van der Waals surface area contributed by atoms with Crippen LogP contribution in [0, 0.1) is 6.92 Å². The van der Waals surface area contributed by atoms with E-state index in [-0.39, 0.29) is 6.10 Å². The van der Waals surface area contributed by atoms with Crippen molar-refractivity contribution in [2.75, 3.05) is 13.6 Å². The molecule has 0 spiro atoms. The molecule has 0 saturated heterocycles. The van der Waals surface area contributed by atoms with Crippen LogP contribution in [0.3, 0.4) is 0 Å². The monoisotopic (exact) mass is 183 g/mol. The van der Waals surface area contributed by atoms with Gasteiger partial charge in [0.2, 0.25) is 0 Å². The topological polar surface area (TPSA) is 36.6 Å².